The summed E-state index contributed by atoms with van der Waals surface area (Å²) in [5.41, 5.74) is 0. The Labute approximate surface area is 197 Å². The molecule has 0 rings (SSSR count). The van der Waals surface area contributed by atoms with Crippen LogP contribution in [0.25, 0.3) is 0 Å². The molecule has 0 fully saturated rings. The van der Waals surface area contributed by atoms with Crippen LogP contribution in [-0.2, 0) is 14.4 Å². The molecule has 0 spiro atoms. The first-order valence-electron chi connectivity index (χ1n) is 13.5. The highest BCUT2D eigenvalue weighted by atomic mass is 16.4. The van der Waals surface area contributed by atoms with Gasteiger partial charge in [-0.05, 0) is 19.8 Å². The molecule has 0 saturated heterocycles. The van der Waals surface area contributed by atoms with E-state index in [1.54, 1.807) is 0 Å². The average molecular weight is 454 g/mol. The van der Waals surface area contributed by atoms with Crippen molar-refractivity contribution in [1.82, 2.24) is 4.90 Å². The van der Waals surface area contributed by atoms with E-state index in [1.165, 1.54) is 84.0 Å². The summed E-state index contributed by atoms with van der Waals surface area (Å²) in [6.07, 6.45) is 21.2. The molecule has 5 nitrogen and oxygen atoms in total. The number of rotatable bonds is 22. The predicted molar refractivity (Wildman–Crippen MR) is 133 cm³/mol. The van der Waals surface area contributed by atoms with Crippen molar-refractivity contribution in [3.8, 4) is 0 Å². The molecular formula is C27H51NO4. The zero-order valence-electron chi connectivity index (χ0n) is 21.3. The minimum atomic E-state index is -1.12. The number of carboxylic acids is 1. The second kappa shape index (κ2) is 21.5. The third-order valence-corrected chi connectivity index (χ3v) is 6.27. The smallest absolute Gasteiger partial charge is 0.326 e. The molecule has 0 aliphatic rings. The van der Waals surface area contributed by atoms with E-state index in [2.05, 4.69) is 13.8 Å². The molecule has 32 heavy (non-hydrogen) atoms. The van der Waals surface area contributed by atoms with Gasteiger partial charge in [-0.1, -0.05) is 117 Å². The van der Waals surface area contributed by atoms with Gasteiger partial charge in [0.05, 0.1) is 0 Å². The van der Waals surface area contributed by atoms with Gasteiger partial charge >= 0.3 is 5.97 Å². The van der Waals surface area contributed by atoms with Crippen molar-refractivity contribution in [1.29, 1.82) is 0 Å². The average Bonchev–Trinajstić information content (AvgIpc) is 2.76. The fourth-order valence-electron chi connectivity index (χ4n) is 4.10. The summed E-state index contributed by atoms with van der Waals surface area (Å²) in [5, 5.41) is 9.36. The normalized spacial score (nSPS) is 12.0. The third kappa shape index (κ3) is 16.3. The number of carbonyl (C=O) groups excluding carboxylic acids is 2. The highest BCUT2D eigenvalue weighted by Gasteiger charge is 2.30. The Morgan fingerprint density at radius 3 is 1.12 bits per heavy atom. The van der Waals surface area contributed by atoms with Crippen LogP contribution in [0.5, 0.6) is 0 Å². The van der Waals surface area contributed by atoms with Crippen LogP contribution in [0.1, 0.15) is 149 Å². The summed E-state index contributed by atoms with van der Waals surface area (Å²) in [4.78, 5) is 37.7. The molecular weight excluding hydrogens is 402 g/mol. The molecule has 2 amide bonds. The summed E-state index contributed by atoms with van der Waals surface area (Å²) >= 11 is 0. The molecule has 0 aliphatic carbocycles. The molecule has 0 aliphatic heterocycles. The number of aliphatic carboxylic acids is 1. The lowest BCUT2D eigenvalue weighted by Gasteiger charge is -2.25. The van der Waals surface area contributed by atoms with Gasteiger partial charge in [0.15, 0.2) is 0 Å². The molecule has 0 aromatic heterocycles. The molecule has 0 unspecified atom stereocenters. The lowest BCUT2D eigenvalue weighted by molar-refractivity contribution is -0.157. The van der Waals surface area contributed by atoms with Crippen molar-refractivity contribution in [2.24, 2.45) is 0 Å². The first kappa shape index (κ1) is 30.6. The number of carboxylic acid groups (broad SMARTS) is 1. The van der Waals surface area contributed by atoms with Crippen LogP contribution < -0.4 is 0 Å². The van der Waals surface area contributed by atoms with Crippen molar-refractivity contribution in [3.63, 3.8) is 0 Å². The van der Waals surface area contributed by atoms with Crippen LogP contribution in [0.4, 0.5) is 0 Å². The standard InChI is InChI=1S/C27H51NO4/c1-4-6-8-10-12-14-16-18-20-22-25(29)28(24(3)27(31)32)26(30)23-21-19-17-15-13-11-9-7-5-2/h24H,4-23H2,1-3H3,(H,31,32)/t24-/m0/s1. The van der Waals surface area contributed by atoms with Gasteiger partial charge in [-0.3, -0.25) is 14.5 Å². The first-order chi connectivity index (χ1) is 15.5. The SMILES string of the molecule is CCCCCCCCCCCC(=O)N(C(=O)CCCCCCCCCCC)[C@@H](C)C(=O)O. The largest absolute Gasteiger partial charge is 0.480 e. The van der Waals surface area contributed by atoms with E-state index in [-0.39, 0.29) is 24.7 Å². The maximum absolute atomic E-state index is 12.6. The quantitative estimate of drug-likeness (QED) is 0.171. The van der Waals surface area contributed by atoms with Gasteiger partial charge in [0.2, 0.25) is 11.8 Å². The van der Waals surface area contributed by atoms with Gasteiger partial charge < -0.3 is 5.11 Å². The van der Waals surface area contributed by atoms with Crippen LogP contribution in [0.3, 0.4) is 0 Å². The van der Waals surface area contributed by atoms with Gasteiger partial charge in [-0.2, -0.15) is 0 Å². The number of hydrogen-bond donors (Lipinski definition) is 1. The Bertz CT molecular complexity index is 458. The molecule has 1 N–H and O–H groups in total. The zero-order chi connectivity index (χ0) is 24.0. The Kier molecular flexibility index (Phi) is 20.5. The summed E-state index contributed by atoms with van der Waals surface area (Å²) < 4.78 is 0. The van der Waals surface area contributed by atoms with Crippen molar-refractivity contribution < 1.29 is 19.5 Å². The second-order valence-corrected chi connectivity index (χ2v) is 9.33. The number of amides is 2. The minimum absolute atomic E-state index is 0.261. The van der Waals surface area contributed by atoms with E-state index >= 15 is 0 Å². The Hall–Kier alpha value is -1.39. The molecule has 0 radical (unpaired) electrons. The zero-order valence-corrected chi connectivity index (χ0v) is 21.3. The summed E-state index contributed by atoms with van der Waals surface area (Å²) in [7, 11) is 0. The number of unbranched alkanes of at least 4 members (excludes halogenated alkanes) is 16. The molecule has 0 aromatic rings. The van der Waals surface area contributed by atoms with Crippen LogP contribution in [0.15, 0.2) is 0 Å². The van der Waals surface area contributed by atoms with E-state index < -0.39 is 12.0 Å². The first-order valence-corrected chi connectivity index (χ1v) is 13.5. The lowest BCUT2D eigenvalue weighted by atomic mass is 10.0. The minimum Gasteiger partial charge on any atom is -0.480 e. The fraction of sp³-hybridized carbons (Fsp3) is 0.889. The Morgan fingerprint density at radius 2 is 0.844 bits per heavy atom. The number of nitrogens with zero attached hydrogens (tertiary/aromatic N) is 1. The van der Waals surface area contributed by atoms with E-state index in [9.17, 15) is 19.5 Å². The van der Waals surface area contributed by atoms with Crippen LogP contribution >= 0.6 is 0 Å². The van der Waals surface area contributed by atoms with Gasteiger partial charge in [0.25, 0.3) is 0 Å². The van der Waals surface area contributed by atoms with Crippen LogP contribution in [0.2, 0.25) is 0 Å². The number of hydrogen-bond acceptors (Lipinski definition) is 3. The van der Waals surface area contributed by atoms with Gasteiger partial charge in [-0.25, -0.2) is 4.79 Å². The molecule has 5 heteroatoms. The summed E-state index contributed by atoms with van der Waals surface area (Å²) in [5.74, 6) is -1.78. The van der Waals surface area contributed by atoms with Crippen LogP contribution in [0, 0.1) is 0 Å². The lowest BCUT2D eigenvalue weighted by Crippen LogP contribution is -2.47. The summed E-state index contributed by atoms with van der Waals surface area (Å²) in [6.45, 7) is 5.87. The molecule has 1 atom stereocenters. The molecule has 0 saturated carbocycles. The molecule has 0 bridgehead atoms. The fourth-order valence-corrected chi connectivity index (χ4v) is 4.10. The highest BCUT2D eigenvalue weighted by Crippen LogP contribution is 2.15. The number of imide groups is 1. The molecule has 0 heterocycles. The van der Waals surface area contributed by atoms with Crippen molar-refractivity contribution in [3.05, 3.63) is 0 Å². The van der Waals surface area contributed by atoms with Crippen molar-refractivity contribution >= 4 is 17.8 Å². The Balaban J connectivity index is 4.17. The topological polar surface area (TPSA) is 74.7 Å². The number of carbonyl (C=O) groups is 3. The monoisotopic (exact) mass is 453 g/mol. The highest BCUT2D eigenvalue weighted by molar-refractivity contribution is 5.99. The Morgan fingerprint density at radius 1 is 0.562 bits per heavy atom. The van der Waals surface area contributed by atoms with Crippen molar-refractivity contribution in [2.75, 3.05) is 0 Å². The van der Waals surface area contributed by atoms with Crippen LogP contribution in [-0.4, -0.2) is 33.8 Å². The van der Waals surface area contributed by atoms with Gasteiger partial charge in [-0.15, -0.1) is 0 Å². The second-order valence-electron chi connectivity index (χ2n) is 9.33. The van der Waals surface area contributed by atoms with Gasteiger partial charge in [0, 0.05) is 12.8 Å². The maximum atomic E-state index is 12.6. The predicted octanol–water partition coefficient (Wildman–Crippen LogP) is 7.66. The molecule has 188 valence electrons. The van der Waals surface area contributed by atoms with Crippen molar-refractivity contribution in [2.45, 2.75) is 155 Å². The van der Waals surface area contributed by atoms with E-state index in [0.717, 1.165) is 43.4 Å². The van der Waals surface area contributed by atoms with E-state index in [0.29, 0.717) is 0 Å². The van der Waals surface area contributed by atoms with E-state index in [1.807, 2.05) is 0 Å². The molecule has 0 aromatic carbocycles. The maximum Gasteiger partial charge on any atom is 0.326 e. The van der Waals surface area contributed by atoms with E-state index in [4.69, 9.17) is 0 Å². The summed E-state index contributed by atoms with van der Waals surface area (Å²) in [6, 6.07) is -1.09. The van der Waals surface area contributed by atoms with Gasteiger partial charge in [0.1, 0.15) is 6.04 Å². The third-order valence-electron chi connectivity index (χ3n) is 6.27.